The lowest BCUT2D eigenvalue weighted by Gasteiger charge is -1.99. The summed E-state index contributed by atoms with van der Waals surface area (Å²) in [5, 5.41) is 18.7. The first-order chi connectivity index (χ1) is 8.90. The lowest BCUT2D eigenvalue weighted by atomic mass is 10.2. The molecule has 0 bridgehead atoms. The SMILES string of the molecule is c1cc(CCNc2nnc(CNC3CC3)o2)cs1. The minimum Gasteiger partial charge on any atom is -0.407 e. The molecule has 18 heavy (non-hydrogen) atoms. The molecule has 0 amide bonds. The Morgan fingerprint density at radius 3 is 3.11 bits per heavy atom. The van der Waals surface area contributed by atoms with Crippen LogP contribution in [0.25, 0.3) is 0 Å². The van der Waals surface area contributed by atoms with E-state index in [9.17, 15) is 0 Å². The minimum atomic E-state index is 0.512. The molecular formula is C12H16N4OS. The summed E-state index contributed by atoms with van der Waals surface area (Å²) in [5.74, 6) is 0.653. The molecule has 6 heteroatoms. The van der Waals surface area contributed by atoms with Gasteiger partial charge in [-0.25, -0.2) is 0 Å². The van der Waals surface area contributed by atoms with E-state index >= 15 is 0 Å². The molecule has 2 aromatic rings. The van der Waals surface area contributed by atoms with E-state index < -0.39 is 0 Å². The smallest absolute Gasteiger partial charge is 0.315 e. The molecule has 2 aromatic heterocycles. The van der Waals surface area contributed by atoms with Gasteiger partial charge in [0.2, 0.25) is 5.89 Å². The van der Waals surface area contributed by atoms with Crippen LogP contribution in [-0.4, -0.2) is 22.8 Å². The van der Waals surface area contributed by atoms with Crippen LogP contribution in [0, 0.1) is 0 Å². The predicted octanol–water partition coefficient (Wildman–Crippen LogP) is 2.04. The number of thiophene rings is 1. The summed E-state index contributed by atoms with van der Waals surface area (Å²) in [5.41, 5.74) is 1.34. The van der Waals surface area contributed by atoms with Gasteiger partial charge in [-0.2, -0.15) is 11.3 Å². The Morgan fingerprint density at radius 2 is 2.33 bits per heavy atom. The zero-order chi connectivity index (χ0) is 12.2. The molecule has 1 saturated carbocycles. The van der Waals surface area contributed by atoms with Crippen LogP contribution >= 0.6 is 11.3 Å². The second-order valence-electron chi connectivity index (χ2n) is 4.46. The molecule has 1 fully saturated rings. The van der Waals surface area contributed by atoms with E-state index in [0.29, 0.717) is 24.5 Å². The Labute approximate surface area is 110 Å². The quantitative estimate of drug-likeness (QED) is 0.801. The second-order valence-corrected chi connectivity index (χ2v) is 5.24. The summed E-state index contributed by atoms with van der Waals surface area (Å²) in [7, 11) is 0. The molecule has 0 aromatic carbocycles. The summed E-state index contributed by atoms with van der Waals surface area (Å²) in [6, 6.07) is 3.30. The van der Waals surface area contributed by atoms with Gasteiger partial charge < -0.3 is 15.1 Å². The first-order valence-corrected chi connectivity index (χ1v) is 7.15. The van der Waals surface area contributed by atoms with Crippen molar-refractivity contribution in [2.75, 3.05) is 11.9 Å². The number of anilines is 1. The molecule has 3 rings (SSSR count). The average Bonchev–Trinajstić information content (AvgIpc) is 2.89. The highest BCUT2D eigenvalue weighted by Crippen LogP contribution is 2.19. The third-order valence-electron chi connectivity index (χ3n) is 2.86. The zero-order valence-electron chi connectivity index (χ0n) is 10.1. The van der Waals surface area contributed by atoms with Crippen molar-refractivity contribution in [3.8, 4) is 0 Å². The van der Waals surface area contributed by atoms with Gasteiger partial charge in [0.1, 0.15) is 0 Å². The van der Waals surface area contributed by atoms with Gasteiger partial charge in [0.25, 0.3) is 0 Å². The first kappa shape index (κ1) is 11.7. The fraction of sp³-hybridized carbons (Fsp3) is 0.500. The van der Waals surface area contributed by atoms with Crippen LogP contribution in [0.15, 0.2) is 21.2 Å². The van der Waals surface area contributed by atoms with Gasteiger partial charge in [-0.05, 0) is 41.7 Å². The number of rotatable bonds is 7. The van der Waals surface area contributed by atoms with Crippen LogP contribution in [0.3, 0.4) is 0 Å². The lowest BCUT2D eigenvalue weighted by Crippen LogP contribution is -2.15. The van der Waals surface area contributed by atoms with Crippen LogP contribution < -0.4 is 10.6 Å². The van der Waals surface area contributed by atoms with Gasteiger partial charge in [0, 0.05) is 12.6 Å². The van der Waals surface area contributed by atoms with Gasteiger partial charge >= 0.3 is 6.01 Å². The minimum absolute atomic E-state index is 0.512. The Balaban J connectivity index is 1.41. The molecule has 2 N–H and O–H groups in total. The topological polar surface area (TPSA) is 63.0 Å². The Bertz CT molecular complexity index is 478. The summed E-state index contributed by atoms with van der Waals surface area (Å²) < 4.78 is 5.49. The van der Waals surface area contributed by atoms with Gasteiger partial charge in [-0.3, -0.25) is 0 Å². The van der Waals surface area contributed by atoms with Crippen molar-refractivity contribution < 1.29 is 4.42 Å². The number of aromatic nitrogens is 2. The van der Waals surface area contributed by atoms with E-state index in [1.165, 1.54) is 18.4 Å². The van der Waals surface area contributed by atoms with Crippen molar-refractivity contribution in [3.63, 3.8) is 0 Å². The first-order valence-electron chi connectivity index (χ1n) is 6.21. The van der Waals surface area contributed by atoms with E-state index in [0.717, 1.165) is 13.0 Å². The number of nitrogens with one attached hydrogen (secondary N) is 2. The largest absolute Gasteiger partial charge is 0.407 e. The maximum atomic E-state index is 5.49. The predicted molar refractivity (Wildman–Crippen MR) is 70.7 cm³/mol. The third kappa shape index (κ3) is 3.30. The van der Waals surface area contributed by atoms with E-state index in [4.69, 9.17) is 4.42 Å². The molecule has 0 saturated heterocycles. The lowest BCUT2D eigenvalue weighted by molar-refractivity contribution is 0.476. The Kier molecular flexibility index (Phi) is 3.56. The molecule has 1 aliphatic carbocycles. The normalized spacial score (nSPS) is 14.9. The number of nitrogens with zero attached hydrogens (tertiary/aromatic N) is 2. The van der Waals surface area contributed by atoms with Crippen molar-refractivity contribution in [2.24, 2.45) is 0 Å². The van der Waals surface area contributed by atoms with E-state index in [2.05, 4.69) is 37.7 Å². The number of hydrogen-bond donors (Lipinski definition) is 2. The molecule has 0 spiro atoms. The van der Waals surface area contributed by atoms with Gasteiger partial charge in [0.15, 0.2) is 0 Å². The van der Waals surface area contributed by atoms with Crippen LogP contribution in [0.1, 0.15) is 24.3 Å². The summed E-state index contributed by atoms with van der Waals surface area (Å²) in [4.78, 5) is 0. The fourth-order valence-corrected chi connectivity index (χ4v) is 2.37. The average molecular weight is 264 g/mol. The highest BCUT2D eigenvalue weighted by molar-refractivity contribution is 7.07. The van der Waals surface area contributed by atoms with Crippen LogP contribution in [0.5, 0.6) is 0 Å². The highest BCUT2D eigenvalue weighted by Gasteiger charge is 2.21. The molecule has 0 aliphatic heterocycles. The molecule has 96 valence electrons. The molecule has 1 aliphatic rings. The number of hydrogen-bond acceptors (Lipinski definition) is 6. The monoisotopic (exact) mass is 264 g/mol. The summed E-state index contributed by atoms with van der Waals surface area (Å²) >= 11 is 1.72. The van der Waals surface area contributed by atoms with Crippen molar-refractivity contribution in [3.05, 3.63) is 28.3 Å². The van der Waals surface area contributed by atoms with E-state index in [1.54, 1.807) is 11.3 Å². The Hall–Kier alpha value is -1.40. The maximum absolute atomic E-state index is 5.49. The highest BCUT2D eigenvalue weighted by atomic mass is 32.1. The standard InChI is InChI=1S/C12H16N4OS/c1-2-10(1)14-7-11-15-16-12(17-11)13-5-3-9-4-6-18-8-9/h4,6,8,10,14H,1-3,5,7H2,(H,13,16). The molecule has 0 atom stereocenters. The van der Waals surface area contributed by atoms with Crippen LogP contribution in [0.2, 0.25) is 0 Å². The van der Waals surface area contributed by atoms with Gasteiger partial charge in [-0.1, -0.05) is 5.10 Å². The van der Waals surface area contributed by atoms with Gasteiger partial charge in [0.05, 0.1) is 6.54 Å². The fourth-order valence-electron chi connectivity index (χ4n) is 1.66. The van der Waals surface area contributed by atoms with Crippen LogP contribution in [-0.2, 0) is 13.0 Å². The van der Waals surface area contributed by atoms with E-state index in [1.807, 2.05) is 0 Å². The summed E-state index contributed by atoms with van der Waals surface area (Å²) in [6.45, 7) is 1.48. The maximum Gasteiger partial charge on any atom is 0.315 e. The van der Waals surface area contributed by atoms with Crippen molar-refractivity contribution in [1.29, 1.82) is 0 Å². The van der Waals surface area contributed by atoms with Crippen molar-refractivity contribution in [1.82, 2.24) is 15.5 Å². The molecular weight excluding hydrogens is 248 g/mol. The van der Waals surface area contributed by atoms with Crippen LogP contribution in [0.4, 0.5) is 6.01 Å². The Morgan fingerprint density at radius 1 is 1.39 bits per heavy atom. The van der Waals surface area contributed by atoms with Gasteiger partial charge in [-0.15, -0.1) is 5.10 Å². The zero-order valence-corrected chi connectivity index (χ0v) is 10.9. The van der Waals surface area contributed by atoms with E-state index in [-0.39, 0.29) is 0 Å². The second kappa shape index (κ2) is 5.49. The molecule has 2 heterocycles. The van der Waals surface area contributed by atoms with Crippen molar-refractivity contribution in [2.45, 2.75) is 31.8 Å². The third-order valence-corrected chi connectivity index (χ3v) is 3.59. The summed E-state index contributed by atoms with van der Waals surface area (Å²) in [6.07, 6.45) is 3.50. The molecule has 0 unspecified atom stereocenters. The van der Waals surface area contributed by atoms with Crippen molar-refractivity contribution >= 4 is 17.4 Å². The molecule has 5 nitrogen and oxygen atoms in total. The molecule has 0 radical (unpaired) electrons.